The molecule has 94 valence electrons. The van der Waals surface area contributed by atoms with Crippen LogP contribution in [-0.2, 0) is 9.53 Å². The van der Waals surface area contributed by atoms with Crippen molar-refractivity contribution >= 4 is 5.97 Å². The van der Waals surface area contributed by atoms with E-state index in [0.717, 1.165) is 32.5 Å². The molecule has 1 rings (SSSR count). The molecule has 0 radical (unpaired) electrons. The molecule has 1 heterocycles. The molecule has 0 amide bonds. The van der Waals surface area contributed by atoms with Crippen molar-refractivity contribution in [1.29, 1.82) is 0 Å². The maximum atomic E-state index is 10.8. The summed E-state index contributed by atoms with van der Waals surface area (Å²) in [6.45, 7) is 4.45. The number of carbonyl (C=O) groups is 1. The minimum absolute atomic E-state index is 0.337. The normalized spacial score (nSPS) is 25.6. The monoisotopic (exact) mass is 230 g/mol. The first-order valence-corrected chi connectivity index (χ1v) is 5.73. The molecule has 0 aromatic carbocycles. The van der Waals surface area contributed by atoms with Crippen molar-refractivity contribution in [2.45, 2.75) is 37.8 Å². The van der Waals surface area contributed by atoms with Gasteiger partial charge < -0.3 is 20.5 Å². The molecule has 2 atom stereocenters. The predicted molar refractivity (Wildman–Crippen MR) is 61.3 cm³/mol. The Bertz CT molecular complexity index is 243. The van der Waals surface area contributed by atoms with E-state index < -0.39 is 11.5 Å². The fourth-order valence-electron chi connectivity index (χ4n) is 1.97. The minimum Gasteiger partial charge on any atom is -0.480 e. The summed E-state index contributed by atoms with van der Waals surface area (Å²) in [7, 11) is 1.73. The van der Waals surface area contributed by atoms with Gasteiger partial charge >= 0.3 is 5.97 Å². The lowest BCUT2D eigenvalue weighted by Crippen LogP contribution is -2.45. The van der Waals surface area contributed by atoms with E-state index in [1.54, 1.807) is 14.0 Å². The van der Waals surface area contributed by atoms with E-state index in [2.05, 4.69) is 4.90 Å². The smallest absolute Gasteiger partial charge is 0.323 e. The van der Waals surface area contributed by atoms with Gasteiger partial charge in [0.25, 0.3) is 0 Å². The molecule has 0 spiro atoms. The number of hydrogen-bond acceptors (Lipinski definition) is 4. The molecule has 2 unspecified atom stereocenters. The lowest BCUT2D eigenvalue weighted by Gasteiger charge is -2.21. The molecule has 3 N–H and O–H groups in total. The number of likely N-dealkylation sites (tertiary alicyclic amines) is 1. The summed E-state index contributed by atoms with van der Waals surface area (Å²) in [6.07, 6.45) is 2.73. The van der Waals surface area contributed by atoms with Crippen LogP contribution in [0.4, 0.5) is 0 Å². The lowest BCUT2D eigenvalue weighted by molar-refractivity contribution is -0.142. The van der Waals surface area contributed by atoms with Crippen LogP contribution in [0.15, 0.2) is 0 Å². The molecule has 1 fully saturated rings. The third-order valence-corrected chi connectivity index (χ3v) is 3.22. The molecule has 16 heavy (non-hydrogen) atoms. The van der Waals surface area contributed by atoms with E-state index in [1.807, 2.05) is 0 Å². The van der Waals surface area contributed by atoms with Gasteiger partial charge in [-0.05, 0) is 32.7 Å². The van der Waals surface area contributed by atoms with Gasteiger partial charge in [0.2, 0.25) is 0 Å². The molecular weight excluding hydrogens is 208 g/mol. The fraction of sp³-hybridized carbons (Fsp3) is 0.909. The van der Waals surface area contributed by atoms with Crippen LogP contribution in [0, 0.1) is 0 Å². The van der Waals surface area contributed by atoms with Crippen molar-refractivity contribution < 1.29 is 14.6 Å². The molecule has 1 aliphatic heterocycles. The maximum Gasteiger partial charge on any atom is 0.323 e. The molecule has 0 bridgehead atoms. The van der Waals surface area contributed by atoms with Crippen LogP contribution in [0.3, 0.4) is 0 Å². The molecular formula is C11H22N2O3. The first-order valence-electron chi connectivity index (χ1n) is 5.73. The Labute approximate surface area is 96.6 Å². The summed E-state index contributed by atoms with van der Waals surface area (Å²) < 4.78 is 5.27. The fourth-order valence-corrected chi connectivity index (χ4v) is 1.97. The number of rotatable bonds is 6. The summed E-state index contributed by atoms with van der Waals surface area (Å²) in [5, 5.41) is 8.85. The standard InChI is InChI=1S/C11H22N2O3/c1-11(12,10(14)15)5-3-6-13-7-4-9(8-13)16-2/h9H,3-8,12H2,1-2H3,(H,14,15). The number of nitrogens with zero attached hydrogens (tertiary/aromatic N) is 1. The number of carboxylic acid groups (broad SMARTS) is 1. The zero-order valence-electron chi connectivity index (χ0n) is 10.1. The number of ether oxygens (including phenoxy) is 1. The minimum atomic E-state index is -1.10. The van der Waals surface area contributed by atoms with Crippen molar-refractivity contribution in [2.75, 3.05) is 26.7 Å². The summed E-state index contributed by atoms with van der Waals surface area (Å²) >= 11 is 0. The number of carboxylic acids is 1. The van der Waals surface area contributed by atoms with E-state index in [0.29, 0.717) is 12.5 Å². The number of methoxy groups -OCH3 is 1. The highest BCUT2D eigenvalue weighted by Gasteiger charge is 2.28. The average molecular weight is 230 g/mol. The van der Waals surface area contributed by atoms with Crippen LogP contribution in [0.2, 0.25) is 0 Å². The lowest BCUT2D eigenvalue weighted by atomic mass is 9.97. The van der Waals surface area contributed by atoms with Gasteiger partial charge in [-0.3, -0.25) is 4.79 Å². The molecule has 0 aromatic heterocycles. The van der Waals surface area contributed by atoms with Crippen LogP contribution in [0.1, 0.15) is 26.2 Å². The molecule has 0 aromatic rings. The summed E-state index contributed by atoms with van der Waals surface area (Å²) in [6, 6.07) is 0. The Balaban J connectivity index is 2.19. The summed E-state index contributed by atoms with van der Waals surface area (Å²) in [5.41, 5.74) is 4.56. The molecule has 0 saturated carbocycles. The number of hydrogen-bond donors (Lipinski definition) is 2. The molecule has 0 aliphatic carbocycles. The van der Waals surface area contributed by atoms with Crippen LogP contribution in [-0.4, -0.2) is 54.4 Å². The van der Waals surface area contributed by atoms with Gasteiger partial charge in [-0.15, -0.1) is 0 Å². The Morgan fingerprint density at radius 1 is 1.69 bits per heavy atom. The number of nitrogens with two attached hydrogens (primary N) is 1. The third-order valence-electron chi connectivity index (χ3n) is 3.22. The van der Waals surface area contributed by atoms with Gasteiger partial charge in [0.05, 0.1) is 6.10 Å². The highest BCUT2D eigenvalue weighted by molar-refractivity contribution is 5.77. The van der Waals surface area contributed by atoms with Gasteiger partial charge in [-0.1, -0.05) is 0 Å². The maximum absolute atomic E-state index is 10.8. The Kier molecular flexibility index (Phi) is 4.70. The number of aliphatic carboxylic acids is 1. The summed E-state index contributed by atoms with van der Waals surface area (Å²) in [4.78, 5) is 13.1. The Hall–Kier alpha value is -0.650. The van der Waals surface area contributed by atoms with Crippen LogP contribution >= 0.6 is 0 Å². The highest BCUT2D eigenvalue weighted by Crippen LogP contribution is 2.14. The second-order valence-electron chi connectivity index (χ2n) is 4.77. The van der Waals surface area contributed by atoms with Crippen LogP contribution < -0.4 is 5.73 Å². The van der Waals surface area contributed by atoms with E-state index in [4.69, 9.17) is 15.6 Å². The predicted octanol–water partition coefficient (Wildman–Crippen LogP) is 0.289. The Morgan fingerprint density at radius 3 is 2.88 bits per heavy atom. The van der Waals surface area contributed by atoms with E-state index in [9.17, 15) is 4.79 Å². The molecule has 5 heteroatoms. The van der Waals surface area contributed by atoms with E-state index in [-0.39, 0.29) is 0 Å². The average Bonchev–Trinajstić information content (AvgIpc) is 2.65. The van der Waals surface area contributed by atoms with Crippen molar-refractivity contribution in [2.24, 2.45) is 5.73 Å². The second kappa shape index (κ2) is 5.61. The van der Waals surface area contributed by atoms with Crippen LogP contribution in [0.25, 0.3) is 0 Å². The second-order valence-corrected chi connectivity index (χ2v) is 4.77. The largest absolute Gasteiger partial charge is 0.480 e. The quantitative estimate of drug-likeness (QED) is 0.686. The SMILES string of the molecule is COC1CCN(CCCC(C)(N)C(=O)O)C1. The zero-order chi connectivity index (χ0) is 12.2. The first kappa shape index (κ1) is 13.4. The van der Waals surface area contributed by atoms with Gasteiger partial charge in [-0.2, -0.15) is 0 Å². The highest BCUT2D eigenvalue weighted by atomic mass is 16.5. The molecule has 5 nitrogen and oxygen atoms in total. The third kappa shape index (κ3) is 3.73. The molecule has 1 aliphatic rings. The van der Waals surface area contributed by atoms with Crippen molar-refractivity contribution in [3.63, 3.8) is 0 Å². The van der Waals surface area contributed by atoms with Gasteiger partial charge in [0, 0.05) is 20.2 Å². The van der Waals surface area contributed by atoms with Gasteiger partial charge in [-0.25, -0.2) is 0 Å². The Morgan fingerprint density at radius 2 is 2.38 bits per heavy atom. The summed E-state index contributed by atoms with van der Waals surface area (Å²) in [5.74, 6) is -0.927. The van der Waals surface area contributed by atoms with E-state index >= 15 is 0 Å². The topological polar surface area (TPSA) is 75.8 Å². The van der Waals surface area contributed by atoms with Crippen molar-refractivity contribution in [3.8, 4) is 0 Å². The van der Waals surface area contributed by atoms with Crippen LogP contribution in [0.5, 0.6) is 0 Å². The van der Waals surface area contributed by atoms with Crippen molar-refractivity contribution in [3.05, 3.63) is 0 Å². The zero-order valence-corrected chi connectivity index (χ0v) is 10.1. The van der Waals surface area contributed by atoms with Crippen molar-refractivity contribution in [1.82, 2.24) is 4.90 Å². The molecule has 1 saturated heterocycles. The van der Waals surface area contributed by atoms with E-state index in [1.165, 1.54) is 0 Å². The van der Waals surface area contributed by atoms with Gasteiger partial charge in [0.1, 0.15) is 5.54 Å². The first-order chi connectivity index (χ1) is 7.45. The van der Waals surface area contributed by atoms with Gasteiger partial charge in [0.15, 0.2) is 0 Å².